The molecule has 0 spiro atoms. The largest absolute Gasteiger partial charge is 0.308 e. The monoisotopic (exact) mass is 795 g/mol. The second-order valence-corrected chi connectivity index (χ2v) is 16.6. The lowest BCUT2D eigenvalue weighted by Gasteiger charge is -2.11. The molecule has 61 heavy (non-hydrogen) atoms. The average molecular weight is 796 g/mol. The molecule has 0 saturated carbocycles. The Kier molecular flexibility index (Phi) is 7.41. The fraction of sp³-hybridized carbons (Fsp3) is 0. The van der Waals surface area contributed by atoms with E-state index in [4.69, 9.17) is 15.0 Å². The van der Waals surface area contributed by atoms with E-state index in [0.29, 0.717) is 17.6 Å². The highest BCUT2D eigenvalue weighted by molar-refractivity contribution is 7.27. The number of aromatic nitrogens is 5. The first kappa shape index (κ1) is 34.0. The second kappa shape index (κ2) is 13.3. The van der Waals surface area contributed by atoms with E-state index in [0.717, 1.165) is 44.2 Å². The van der Waals surface area contributed by atoms with Gasteiger partial charge in [0.25, 0.3) is 0 Å². The number of thiophene rings is 1. The molecule has 0 radical (unpaired) electrons. The molecule has 0 bridgehead atoms. The highest BCUT2D eigenvalue weighted by atomic mass is 32.1. The van der Waals surface area contributed by atoms with E-state index in [9.17, 15) is 0 Å². The number of benzene rings is 9. The van der Waals surface area contributed by atoms with E-state index < -0.39 is 0 Å². The van der Waals surface area contributed by atoms with Crippen LogP contribution < -0.4 is 0 Å². The van der Waals surface area contributed by atoms with Gasteiger partial charge < -0.3 is 4.57 Å². The summed E-state index contributed by atoms with van der Waals surface area (Å²) >= 11 is 1.86. The highest BCUT2D eigenvalue weighted by Gasteiger charge is 2.23. The molecule has 0 unspecified atom stereocenters. The van der Waals surface area contributed by atoms with E-state index in [-0.39, 0.29) is 0 Å². The van der Waals surface area contributed by atoms with Crippen LogP contribution in [-0.2, 0) is 0 Å². The van der Waals surface area contributed by atoms with Crippen molar-refractivity contribution >= 4 is 85.9 Å². The van der Waals surface area contributed by atoms with Gasteiger partial charge in [-0.1, -0.05) is 176 Å². The fourth-order valence-electron chi connectivity index (χ4n) is 9.33. The molecule has 6 heteroatoms. The van der Waals surface area contributed by atoms with Crippen molar-refractivity contribution in [3.63, 3.8) is 0 Å². The quantitative estimate of drug-likeness (QED) is 0.174. The van der Waals surface area contributed by atoms with Gasteiger partial charge in [0.1, 0.15) is 0 Å². The summed E-state index contributed by atoms with van der Waals surface area (Å²) in [5.41, 5.74) is 9.89. The maximum absolute atomic E-state index is 5.33. The van der Waals surface area contributed by atoms with Gasteiger partial charge in [-0.15, -0.1) is 11.3 Å². The fourth-order valence-corrected chi connectivity index (χ4v) is 10.7. The number of para-hydroxylation sites is 2. The number of fused-ring (bicyclic) bond motifs is 12. The molecule has 284 valence electrons. The average Bonchev–Trinajstić information content (AvgIpc) is 4.00. The normalized spacial score (nSPS) is 11.9. The minimum atomic E-state index is 0.586. The Hall–Kier alpha value is -7.93. The minimum absolute atomic E-state index is 0.586. The van der Waals surface area contributed by atoms with Gasteiger partial charge in [0.05, 0.1) is 31.5 Å². The summed E-state index contributed by atoms with van der Waals surface area (Å²) in [5.74, 6) is 1.84. The summed E-state index contributed by atoms with van der Waals surface area (Å²) in [5, 5.41) is 9.70. The van der Waals surface area contributed by atoms with Gasteiger partial charge in [-0.05, 0) is 46.2 Å². The van der Waals surface area contributed by atoms with Crippen LogP contribution in [0.3, 0.4) is 0 Å². The summed E-state index contributed by atoms with van der Waals surface area (Å²) < 4.78 is 7.19. The molecule has 0 atom stereocenters. The Morgan fingerprint density at radius 1 is 0.328 bits per heavy atom. The van der Waals surface area contributed by atoms with Gasteiger partial charge in [-0.25, -0.2) is 4.98 Å². The van der Waals surface area contributed by atoms with Gasteiger partial charge in [0.15, 0.2) is 11.6 Å². The third-order valence-corrected chi connectivity index (χ3v) is 13.4. The van der Waals surface area contributed by atoms with Crippen molar-refractivity contribution in [2.24, 2.45) is 0 Å². The Labute approximate surface area is 354 Å². The van der Waals surface area contributed by atoms with Crippen molar-refractivity contribution in [3.8, 4) is 45.5 Å². The molecule has 0 aliphatic heterocycles. The molecule has 0 N–H and O–H groups in total. The first-order valence-electron chi connectivity index (χ1n) is 20.5. The third-order valence-electron chi connectivity index (χ3n) is 12.2. The Bertz CT molecular complexity index is 3860. The molecule has 0 saturated heterocycles. The zero-order chi connectivity index (χ0) is 40.0. The zero-order valence-electron chi connectivity index (χ0n) is 32.7. The van der Waals surface area contributed by atoms with Gasteiger partial charge in [-0.2, -0.15) is 9.97 Å². The number of hydrogen-bond donors (Lipinski definition) is 0. The molecule has 13 rings (SSSR count). The molecule has 0 fully saturated rings. The number of hydrogen-bond acceptors (Lipinski definition) is 4. The van der Waals surface area contributed by atoms with Crippen LogP contribution in [0.2, 0.25) is 0 Å². The first-order chi connectivity index (χ1) is 30.2. The topological polar surface area (TPSA) is 48.5 Å². The Morgan fingerprint density at radius 3 is 1.46 bits per heavy atom. The SMILES string of the molecule is c1ccc(-c2ccc(-c3nc(-c4ccccc4)nc(-n4c5ccccc5c5ccc6c7ccc8c9ccccc9n(-c9ccc%10ccccc%10c9)c8c7sc6c54)n3)cc2)cc1. The highest BCUT2D eigenvalue weighted by Crippen LogP contribution is 2.47. The molecule has 4 heterocycles. The van der Waals surface area contributed by atoms with Crippen molar-refractivity contribution < 1.29 is 0 Å². The number of rotatable bonds is 5. The summed E-state index contributed by atoms with van der Waals surface area (Å²) in [6.45, 7) is 0. The van der Waals surface area contributed by atoms with Gasteiger partial charge in [0, 0.05) is 49.1 Å². The van der Waals surface area contributed by atoms with Crippen molar-refractivity contribution in [1.82, 2.24) is 24.1 Å². The van der Waals surface area contributed by atoms with Crippen molar-refractivity contribution in [2.45, 2.75) is 0 Å². The smallest absolute Gasteiger partial charge is 0.238 e. The maximum Gasteiger partial charge on any atom is 0.238 e. The van der Waals surface area contributed by atoms with E-state index >= 15 is 0 Å². The molecule has 9 aromatic carbocycles. The lowest BCUT2D eigenvalue weighted by Crippen LogP contribution is -2.06. The second-order valence-electron chi connectivity index (χ2n) is 15.6. The lowest BCUT2D eigenvalue weighted by atomic mass is 10.0. The van der Waals surface area contributed by atoms with Gasteiger partial charge in [-0.3, -0.25) is 4.57 Å². The maximum atomic E-state index is 5.33. The van der Waals surface area contributed by atoms with Crippen molar-refractivity contribution in [2.75, 3.05) is 0 Å². The lowest BCUT2D eigenvalue weighted by molar-refractivity contribution is 0.955. The minimum Gasteiger partial charge on any atom is -0.308 e. The third kappa shape index (κ3) is 5.22. The standard InChI is InChI=1S/C55H33N5S/c1-3-13-34(14-4-1)36-23-25-38(26-24-36)54-56-53(37-16-5-2-6-17-37)57-55(58-54)60-48-22-12-10-20-42(48)44-30-32-46-45-31-29-43-41-19-9-11-21-47(41)59(49(43)51(45)61-52(46)50(44)60)40-28-27-35-15-7-8-18-39(35)33-40/h1-33H. The van der Waals surface area contributed by atoms with Crippen molar-refractivity contribution in [3.05, 3.63) is 200 Å². The van der Waals surface area contributed by atoms with Gasteiger partial charge in [0.2, 0.25) is 5.95 Å². The van der Waals surface area contributed by atoms with Crippen LogP contribution in [0.4, 0.5) is 0 Å². The summed E-state index contributed by atoms with van der Waals surface area (Å²) in [4.78, 5) is 15.8. The predicted octanol–water partition coefficient (Wildman–Crippen LogP) is 14.6. The van der Waals surface area contributed by atoms with Crippen LogP contribution in [0.1, 0.15) is 0 Å². The molecule has 0 amide bonds. The van der Waals surface area contributed by atoms with Crippen LogP contribution in [0.25, 0.3) is 120 Å². The van der Waals surface area contributed by atoms with Crippen LogP contribution in [0.15, 0.2) is 200 Å². The predicted molar refractivity (Wildman–Crippen MR) is 255 cm³/mol. The van der Waals surface area contributed by atoms with E-state index in [1.807, 2.05) is 35.6 Å². The molecular formula is C55H33N5S. The van der Waals surface area contributed by atoms with Crippen LogP contribution in [-0.4, -0.2) is 24.1 Å². The summed E-state index contributed by atoms with van der Waals surface area (Å²) in [6.07, 6.45) is 0. The Morgan fingerprint density at radius 2 is 0.803 bits per heavy atom. The van der Waals surface area contributed by atoms with Crippen molar-refractivity contribution in [1.29, 1.82) is 0 Å². The molecule has 0 aliphatic carbocycles. The molecule has 13 aromatic rings. The summed E-state index contributed by atoms with van der Waals surface area (Å²) in [6, 6.07) is 71.3. The molecule has 5 nitrogen and oxygen atoms in total. The van der Waals surface area contributed by atoms with Crippen LogP contribution in [0.5, 0.6) is 0 Å². The van der Waals surface area contributed by atoms with Crippen LogP contribution in [0, 0.1) is 0 Å². The molecular weight excluding hydrogens is 763 g/mol. The number of nitrogens with zero attached hydrogens (tertiary/aromatic N) is 5. The van der Waals surface area contributed by atoms with Crippen LogP contribution >= 0.6 is 11.3 Å². The Balaban J connectivity index is 1.10. The molecule has 0 aliphatic rings. The van der Waals surface area contributed by atoms with E-state index in [1.165, 1.54) is 58.3 Å². The van der Waals surface area contributed by atoms with Gasteiger partial charge >= 0.3 is 0 Å². The van der Waals surface area contributed by atoms with E-state index in [2.05, 4.69) is 185 Å². The zero-order valence-corrected chi connectivity index (χ0v) is 33.5. The summed E-state index contributed by atoms with van der Waals surface area (Å²) in [7, 11) is 0. The van der Waals surface area contributed by atoms with E-state index in [1.54, 1.807) is 0 Å². The molecule has 4 aromatic heterocycles. The first-order valence-corrected chi connectivity index (χ1v) is 21.3.